The van der Waals surface area contributed by atoms with E-state index in [0.29, 0.717) is 6.07 Å². The summed E-state index contributed by atoms with van der Waals surface area (Å²) in [7, 11) is 1.13. The molecule has 0 atom stereocenters. The van der Waals surface area contributed by atoms with Crippen molar-refractivity contribution >= 4 is 0 Å². The van der Waals surface area contributed by atoms with E-state index in [-0.39, 0.29) is 5.75 Å². The summed E-state index contributed by atoms with van der Waals surface area (Å²) in [6.45, 7) is 0. The van der Waals surface area contributed by atoms with Crippen molar-refractivity contribution in [2.75, 3.05) is 7.11 Å². The van der Waals surface area contributed by atoms with Gasteiger partial charge in [0.05, 0.1) is 7.11 Å². The topological polar surface area (TPSA) is 33.0 Å². The Morgan fingerprint density at radius 3 is 2.38 bits per heavy atom. The maximum Gasteiger partial charge on any atom is 0.196 e. The van der Waals surface area contributed by atoms with Crippen molar-refractivity contribution in [3.05, 3.63) is 29.1 Å². The van der Waals surface area contributed by atoms with E-state index in [1.54, 1.807) is 0 Å². The Hall–Kier alpha value is -1.70. The smallest absolute Gasteiger partial charge is 0.196 e. The Bertz CT molecular complexity index is 384. The van der Waals surface area contributed by atoms with E-state index < -0.39 is 23.0 Å². The van der Waals surface area contributed by atoms with Crippen LogP contribution in [0.3, 0.4) is 0 Å². The maximum atomic E-state index is 12.8. The zero-order valence-electron chi connectivity index (χ0n) is 6.57. The lowest BCUT2D eigenvalue weighted by molar-refractivity contribution is 0.389. The summed E-state index contributed by atoms with van der Waals surface area (Å²) in [4.78, 5) is 0. The number of hydrogen-bond donors (Lipinski definition) is 0. The summed E-state index contributed by atoms with van der Waals surface area (Å²) in [5.41, 5.74) is -0.638. The highest BCUT2D eigenvalue weighted by Gasteiger charge is 2.18. The van der Waals surface area contributed by atoms with Gasteiger partial charge in [-0.2, -0.15) is 5.26 Å². The van der Waals surface area contributed by atoms with Crippen LogP contribution < -0.4 is 4.74 Å². The molecule has 0 spiro atoms. The first kappa shape index (κ1) is 9.39. The summed E-state index contributed by atoms with van der Waals surface area (Å²) < 4.78 is 42.4. The van der Waals surface area contributed by atoms with Gasteiger partial charge in [-0.3, -0.25) is 0 Å². The van der Waals surface area contributed by atoms with Crippen molar-refractivity contribution in [3.63, 3.8) is 0 Å². The van der Waals surface area contributed by atoms with Gasteiger partial charge in [0.15, 0.2) is 17.5 Å². The average molecular weight is 187 g/mol. The third-order valence-corrected chi connectivity index (χ3v) is 1.46. The van der Waals surface area contributed by atoms with E-state index in [4.69, 9.17) is 5.26 Å². The van der Waals surface area contributed by atoms with E-state index in [9.17, 15) is 13.2 Å². The van der Waals surface area contributed by atoms with Crippen molar-refractivity contribution in [1.29, 1.82) is 5.26 Å². The standard InChI is InChI=1S/C8H4F3NO/c1-13-6-2-5(9)8(11)7(10)4(6)3-12/h2H,1H3. The van der Waals surface area contributed by atoms with Crippen molar-refractivity contribution < 1.29 is 17.9 Å². The highest BCUT2D eigenvalue weighted by Crippen LogP contribution is 2.24. The molecule has 0 N–H and O–H groups in total. The highest BCUT2D eigenvalue weighted by molar-refractivity contribution is 5.44. The first-order valence-corrected chi connectivity index (χ1v) is 3.23. The predicted molar refractivity (Wildman–Crippen MR) is 37.6 cm³/mol. The summed E-state index contributed by atoms with van der Waals surface area (Å²) in [6.07, 6.45) is 0. The Labute approximate surface area is 72.2 Å². The molecule has 0 aromatic heterocycles. The number of halogens is 3. The number of hydrogen-bond acceptors (Lipinski definition) is 2. The molecule has 0 aliphatic carbocycles. The Morgan fingerprint density at radius 1 is 1.31 bits per heavy atom. The third-order valence-electron chi connectivity index (χ3n) is 1.46. The molecule has 0 amide bonds. The van der Waals surface area contributed by atoms with Gasteiger partial charge in [0.1, 0.15) is 17.4 Å². The minimum absolute atomic E-state index is 0.320. The Balaban J connectivity index is 3.50. The molecule has 0 fully saturated rings. The van der Waals surface area contributed by atoms with Gasteiger partial charge in [-0.05, 0) is 0 Å². The maximum absolute atomic E-state index is 12.8. The van der Waals surface area contributed by atoms with Crippen LogP contribution in [-0.2, 0) is 0 Å². The van der Waals surface area contributed by atoms with Crippen LogP contribution in [0.2, 0.25) is 0 Å². The summed E-state index contributed by atoms with van der Waals surface area (Å²) in [6, 6.07) is 2.00. The minimum Gasteiger partial charge on any atom is -0.495 e. The third kappa shape index (κ3) is 1.43. The number of methoxy groups -OCH3 is 1. The normalized spacial score (nSPS) is 9.46. The number of rotatable bonds is 1. The molecule has 0 aliphatic rings. The largest absolute Gasteiger partial charge is 0.495 e. The molecule has 13 heavy (non-hydrogen) atoms. The molecule has 0 saturated heterocycles. The summed E-state index contributed by atoms with van der Waals surface area (Å²) in [5.74, 6) is -4.90. The van der Waals surface area contributed by atoms with Crippen molar-refractivity contribution in [1.82, 2.24) is 0 Å². The first-order valence-electron chi connectivity index (χ1n) is 3.23. The monoisotopic (exact) mass is 187 g/mol. The van der Waals surface area contributed by atoms with Gasteiger partial charge in [-0.1, -0.05) is 0 Å². The molecule has 0 unspecified atom stereocenters. The van der Waals surface area contributed by atoms with E-state index in [1.807, 2.05) is 0 Å². The number of nitriles is 1. The van der Waals surface area contributed by atoms with Crippen LogP contribution >= 0.6 is 0 Å². The van der Waals surface area contributed by atoms with Crippen molar-refractivity contribution in [2.45, 2.75) is 0 Å². The van der Waals surface area contributed by atoms with Gasteiger partial charge in [-0.15, -0.1) is 0 Å². The first-order chi connectivity index (χ1) is 6.11. The molecule has 0 heterocycles. The van der Waals surface area contributed by atoms with E-state index in [0.717, 1.165) is 7.11 Å². The predicted octanol–water partition coefficient (Wildman–Crippen LogP) is 1.98. The molecule has 1 aromatic carbocycles. The lowest BCUT2D eigenvalue weighted by atomic mass is 10.2. The van der Waals surface area contributed by atoms with Crippen LogP contribution in [0.1, 0.15) is 5.56 Å². The van der Waals surface area contributed by atoms with Crippen LogP contribution in [0, 0.1) is 28.8 Å². The summed E-state index contributed by atoms with van der Waals surface area (Å²) in [5, 5.41) is 8.39. The zero-order chi connectivity index (χ0) is 10.0. The zero-order valence-corrected chi connectivity index (χ0v) is 6.57. The summed E-state index contributed by atoms with van der Waals surface area (Å²) >= 11 is 0. The van der Waals surface area contributed by atoms with Crippen molar-refractivity contribution in [3.8, 4) is 11.8 Å². The average Bonchev–Trinajstić information content (AvgIpc) is 2.13. The number of nitrogens with zero attached hydrogens (tertiary/aromatic N) is 1. The molecule has 2 nitrogen and oxygen atoms in total. The molecular weight excluding hydrogens is 183 g/mol. The molecule has 1 rings (SSSR count). The van der Waals surface area contributed by atoms with Crippen LogP contribution in [0.4, 0.5) is 13.2 Å². The Kier molecular flexibility index (Phi) is 2.42. The molecule has 5 heteroatoms. The molecule has 68 valence electrons. The van der Waals surface area contributed by atoms with Gasteiger partial charge in [0.25, 0.3) is 0 Å². The lowest BCUT2D eigenvalue weighted by Crippen LogP contribution is -1.98. The second kappa shape index (κ2) is 3.35. The molecule has 0 aliphatic heterocycles. The SMILES string of the molecule is COc1cc(F)c(F)c(F)c1C#N. The van der Waals surface area contributed by atoms with Gasteiger partial charge in [0.2, 0.25) is 0 Å². The van der Waals surface area contributed by atoms with Crippen LogP contribution in [0.15, 0.2) is 6.07 Å². The van der Waals surface area contributed by atoms with Crippen LogP contribution in [0.25, 0.3) is 0 Å². The van der Waals surface area contributed by atoms with Gasteiger partial charge in [0, 0.05) is 6.07 Å². The van der Waals surface area contributed by atoms with Gasteiger partial charge >= 0.3 is 0 Å². The van der Waals surface area contributed by atoms with E-state index >= 15 is 0 Å². The fraction of sp³-hybridized carbons (Fsp3) is 0.125. The molecule has 0 bridgehead atoms. The minimum atomic E-state index is -1.67. The Morgan fingerprint density at radius 2 is 1.92 bits per heavy atom. The molecule has 0 radical (unpaired) electrons. The lowest BCUT2D eigenvalue weighted by Gasteiger charge is -2.04. The second-order valence-electron chi connectivity index (χ2n) is 2.18. The number of ether oxygens (including phenoxy) is 1. The van der Waals surface area contributed by atoms with Crippen molar-refractivity contribution in [2.24, 2.45) is 0 Å². The van der Waals surface area contributed by atoms with E-state index in [1.165, 1.54) is 6.07 Å². The fourth-order valence-electron chi connectivity index (χ4n) is 0.839. The van der Waals surface area contributed by atoms with E-state index in [2.05, 4.69) is 4.74 Å². The molecule has 0 saturated carbocycles. The fourth-order valence-corrected chi connectivity index (χ4v) is 0.839. The second-order valence-corrected chi connectivity index (χ2v) is 2.18. The van der Waals surface area contributed by atoms with Gasteiger partial charge < -0.3 is 4.74 Å². The molecule has 1 aromatic rings. The highest BCUT2D eigenvalue weighted by atomic mass is 19.2. The number of benzene rings is 1. The quantitative estimate of drug-likeness (QED) is 0.630. The van der Waals surface area contributed by atoms with Gasteiger partial charge in [-0.25, -0.2) is 13.2 Å². The van der Waals surface area contributed by atoms with Crippen LogP contribution in [0.5, 0.6) is 5.75 Å². The van der Waals surface area contributed by atoms with Crippen LogP contribution in [-0.4, -0.2) is 7.11 Å². The molecular formula is C8H4F3NO.